The number of rotatable bonds is 4. The molecule has 0 amide bonds. The smallest absolute Gasteiger partial charge is 0.317 e. The quantitative estimate of drug-likeness (QED) is 0.607. The molecule has 5 nitrogen and oxygen atoms in total. The predicted molar refractivity (Wildman–Crippen MR) is 51.2 cm³/mol. The number of hydrogen-bond acceptors (Lipinski definition) is 4. The van der Waals surface area contributed by atoms with Gasteiger partial charge in [-0.25, -0.2) is 0 Å². The van der Waals surface area contributed by atoms with Gasteiger partial charge in [-0.05, 0) is 13.0 Å². The molecule has 1 saturated heterocycles. The normalized spacial score (nSPS) is 20.3. The van der Waals surface area contributed by atoms with E-state index in [1.165, 1.54) is 0 Å². The molecule has 0 aromatic carbocycles. The fourth-order valence-corrected chi connectivity index (χ4v) is 1.66. The summed E-state index contributed by atoms with van der Waals surface area (Å²) < 4.78 is 0. The predicted octanol–water partition coefficient (Wildman–Crippen LogP) is -0.722. The summed E-state index contributed by atoms with van der Waals surface area (Å²) >= 11 is 0. The van der Waals surface area contributed by atoms with Crippen LogP contribution in [0, 0.1) is 0 Å². The van der Waals surface area contributed by atoms with Crippen LogP contribution in [0.5, 0.6) is 0 Å². The van der Waals surface area contributed by atoms with Gasteiger partial charge in [0.2, 0.25) is 0 Å². The Balaban J connectivity index is 2.32. The second kappa shape index (κ2) is 5.72. The van der Waals surface area contributed by atoms with Gasteiger partial charge in [0, 0.05) is 19.6 Å². The Morgan fingerprint density at radius 1 is 1.21 bits per heavy atom. The minimum Gasteiger partial charge on any atom is -0.480 e. The lowest BCUT2D eigenvalue weighted by Gasteiger charge is -2.18. The molecule has 1 N–H and O–H groups in total. The van der Waals surface area contributed by atoms with Gasteiger partial charge in [0.1, 0.15) is 6.29 Å². The largest absolute Gasteiger partial charge is 0.480 e. The number of aliphatic carboxylic acids is 1. The summed E-state index contributed by atoms with van der Waals surface area (Å²) in [5.74, 6) is -0.783. The number of hydrogen-bond donors (Lipinski definition) is 1. The SMILES string of the molecule is O=CCN1CCCN(CC(=O)O)CC1. The molecule has 0 aromatic heterocycles. The summed E-state index contributed by atoms with van der Waals surface area (Å²) in [6, 6.07) is 0. The van der Waals surface area contributed by atoms with Crippen LogP contribution < -0.4 is 0 Å². The molecule has 0 aliphatic carbocycles. The lowest BCUT2D eigenvalue weighted by molar-refractivity contribution is -0.138. The molecule has 1 rings (SSSR count). The van der Waals surface area contributed by atoms with Gasteiger partial charge in [-0.3, -0.25) is 14.6 Å². The fraction of sp³-hybridized carbons (Fsp3) is 0.778. The van der Waals surface area contributed by atoms with Gasteiger partial charge in [0.25, 0.3) is 0 Å². The first-order chi connectivity index (χ1) is 6.72. The van der Waals surface area contributed by atoms with E-state index < -0.39 is 5.97 Å². The molecule has 0 radical (unpaired) electrons. The second-order valence-corrected chi connectivity index (χ2v) is 3.49. The van der Waals surface area contributed by atoms with Gasteiger partial charge in [-0.15, -0.1) is 0 Å². The van der Waals surface area contributed by atoms with E-state index in [1.807, 2.05) is 4.90 Å². The molecule has 0 spiro atoms. The van der Waals surface area contributed by atoms with Crippen LogP contribution in [-0.4, -0.2) is 66.4 Å². The number of carbonyl (C=O) groups is 2. The van der Waals surface area contributed by atoms with Crippen molar-refractivity contribution in [2.75, 3.05) is 39.3 Å². The van der Waals surface area contributed by atoms with Crippen molar-refractivity contribution in [3.63, 3.8) is 0 Å². The Bertz CT molecular complexity index is 208. The summed E-state index contributed by atoms with van der Waals surface area (Å²) in [5.41, 5.74) is 0. The topological polar surface area (TPSA) is 60.9 Å². The third-order valence-corrected chi connectivity index (χ3v) is 2.37. The Hall–Kier alpha value is -0.940. The van der Waals surface area contributed by atoms with Crippen molar-refractivity contribution < 1.29 is 14.7 Å². The molecule has 0 unspecified atom stereocenters. The third-order valence-electron chi connectivity index (χ3n) is 2.37. The molecule has 80 valence electrons. The van der Waals surface area contributed by atoms with Gasteiger partial charge in [-0.1, -0.05) is 0 Å². The van der Waals surface area contributed by atoms with Crippen molar-refractivity contribution in [3.8, 4) is 0 Å². The van der Waals surface area contributed by atoms with Crippen LogP contribution in [-0.2, 0) is 9.59 Å². The molecule has 0 atom stereocenters. The van der Waals surface area contributed by atoms with Crippen LogP contribution in [0.1, 0.15) is 6.42 Å². The molecule has 1 heterocycles. The number of carbonyl (C=O) groups excluding carboxylic acids is 1. The van der Waals surface area contributed by atoms with E-state index >= 15 is 0 Å². The standard InChI is InChI=1S/C9H16N2O3/c12-7-6-10-2-1-3-11(5-4-10)8-9(13)14/h7H,1-6,8H2,(H,13,14). The molecule has 1 aliphatic rings. The van der Waals surface area contributed by atoms with E-state index in [1.54, 1.807) is 0 Å². The van der Waals surface area contributed by atoms with Gasteiger partial charge < -0.3 is 9.90 Å². The van der Waals surface area contributed by atoms with Crippen LogP contribution in [0.25, 0.3) is 0 Å². The monoisotopic (exact) mass is 200 g/mol. The maximum atomic E-state index is 10.5. The zero-order valence-corrected chi connectivity index (χ0v) is 8.19. The molecule has 0 aromatic rings. The first-order valence-electron chi connectivity index (χ1n) is 4.82. The highest BCUT2D eigenvalue weighted by atomic mass is 16.4. The molecular formula is C9H16N2O3. The minimum absolute atomic E-state index is 0.106. The van der Waals surface area contributed by atoms with Crippen LogP contribution in [0.3, 0.4) is 0 Å². The first kappa shape index (κ1) is 11.1. The zero-order valence-electron chi connectivity index (χ0n) is 8.19. The van der Waals surface area contributed by atoms with Gasteiger partial charge in [0.05, 0.1) is 13.1 Å². The Labute approximate surface area is 83.3 Å². The molecule has 0 saturated carbocycles. The van der Waals surface area contributed by atoms with Crippen molar-refractivity contribution >= 4 is 12.3 Å². The van der Waals surface area contributed by atoms with E-state index in [2.05, 4.69) is 4.90 Å². The zero-order chi connectivity index (χ0) is 10.4. The summed E-state index contributed by atoms with van der Waals surface area (Å²) in [7, 11) is 0. The van der Waals surface area contributed by atoms with Crippen molar-refractivity contribution in [3.05, 3.63) is 0 Å². The lowest BCUT2D eigenvalue weighted by atomic mass is 10.4. The van der Waals surface area contributed by atoms with Crippen molar-refractivity contribution in [2.24, 2.45) is 0 Å². The van der Waals surface area contributed by atoms with Crippen molar-refractivity contribution in [1.82, 2.24) is 9.80 Å². The maximum absolute atomic E-state index is 10.5. The molecular weight excluding hydrogens is 184 g/mol. The average Bonchev–Trinajstić information content (AvgIpc) is 2.31. The van der Waals surface area contributed by atoms with E-state index in [-0.39, 0.29) is 6.54 Å². The Morgan fingerprint density at radius 2 is 1.86 bits per heavy atom. The Kier molecular flexibility index (Phi) is 4.55. The summed E-state index contributed by atoms with van der Waals surface area (Å²) in [6.07, 6.45) is 1.83. The number of carboxylic acids is 1. The van der Waals surface area contributed by atoms with Crippen LogP contribution in [0.15, 0.2) is 0 Å². The van der Waals surface area contributed by atoms with Crippen LogP contribution >= 0.6 is 0 Å². The van der Waals surface area contributed by atoms with Gasteiger partial charge in [-0.2, -0.15) is 0 Å². The highest BCUT2D eigenvalue weighted by Gasteiger charge is 2.15. The van der Waals surface area contributed by atoms with E-state index in [0.29, 0.717) is 6.54 Å². The summed E-state index contributed by atoms with van der Waals surface area (Å²) in [5, 5.41) is 8.62. The molecule has 0 bridgehead atoms. The highest BCUT2D eigenvalue weighted by Crippen LogP contribution is 2.01. The highest BCUT2D eigenvalue weighted by molar-refractivity contribution is 5.69. The van der Waals surface area contributed by atoms with Crippen molar-refractivity contribution in [1.29, 1.82) is 0 Å². The second-order valence-electron chi connectivity index (χ2n) is 3.49. The lowest BCUT2D eigenvalue weighted by Crippen LogP contribution is -2.34. The number of carboxylic acid groups (broad SMARTS) is 1. The van der Waals surface area contributed by atoms with E-state index in [0.717, 1.165) is 38.9 Å². The van der Waals surface area contributed by atoms with Crippen LogP contribution in [0.4, 0.5) is 0 Å². The fourth-order valence-electron chi connectivity index (χ4n) is 1.66. The average molecular weight is 200 g/mol. The van der Waals surface area contributed by atoms with E-state index in [9.17, 15) is 9.59 Å². The summed E-state index contributed by atoms with van der Waals surface area (Å²) in [6.45, 7) is 3.78. The van der Waals surface area contributed by atoms with Gasteiger partial charge in [0.15, 0.2) is 0 Å². The summed E-state index contributed by atoms with van der Waals surface area (Å²) in [4.78, 5) is 24.7. The molecule has 1 aliphatic heterocycles. The van der Waals surface area contributed by atoms with E-state index in [4.69, 9.17) is 5.11 Å². The Morgan fingerprint density at radius 3 is 2.50 bits per heavy atom. The van der Waals surface area contributed by atoms with Crippen molar-refractivity contribution in [2.45, 2.75) is 6.42 Å². The molecule has 1 fully saturated rings. The third kappa shape index (κ3) is 3.85. The molecule has 14 heavy (non-hydrogen) atoms. The van der Waals surface area contributed by atoms with Crippen LogP contribution in [0.2, 0.25) is 0 Å². The minimum atomic E-state index is -0.783. The van der Waals surface area contributed by atoms with Gasteiger partial charge >= 0.3 is 5.97 Å². The maximum Gasteiger partial charge on any atom is 0.317 e. The number of nitrogens with zero attached hydrogens (tertiary/aromatic N) is 2. The molecule has 5 heteroatoms. The number of aldehydes is 1. The first-order valence-corrected chi connectivity index (χ1v) is 4.82.